The summed E-state index contributed by atoms with van der Waals surface area (Å²) in [5.74, 6) is 0.955. The average Bonchev–Trinajstić information content (AvgIpc) is 3.42. The maximum Gasteiger partial charge on any atom is 0.273 e. The number of hydrogen-bond donors (Lipinski definition) is 0. The number of ether oxygens (including phenoxy) is 3. The van der Waals surface area contributed by atoms with E-state index in [1.165, 1.54) is 25.3 Å². The van der Waals surface area contributed by atoms with Crippen LogP contribution >= 0.6 is 0 Å². The van der Waals surface area contributed by atoms with Crippen LogP contribution in [0.25, 0.3) is 0 Å². The Morgan fingerprint density at radius 2 is 1.82 bits per heavy atom. The van der Waals surface area contributed by atoms with E-state index in [-0.39, 0.29) is 42.2 Å². The second kappa shape index (κ2) is 8.92. The standard InChI is InChI=1S/C23H24N4O7/c1-32-20-11-16(27(30)31)3-4-17(20)26-22(28)12-18(23(26)29)25-8-6-24(7-9-25)13-15-2-5-19-21(10-15)34-14-33-19/h2-5,10-11,18H,6-9,12-14H2,1H3. The summed E-state index contributed by atoms with van der Waals surface area (Å²) in [4.78, 5) is 41.9. The van der Waals surface area contributed by atoms with Gasteiger partial charge in [-0.3, -0.25) is 29.5 Å². The highest BCUT2D eigenvalue weighted by atomic mass is 16.7. The van der Waals surface area contributed by atoms with E-state index in [0.717, 1.165) is 41.6 Å². The number of imide groups is 1. The second-order valence-electron chi connectivity index (χ2n) is 8.40. The van der Waals surface area contributed by atoms with Crippen molar-refractivity contribution in [1.29, 1.82) is 0 Å². The lowest BCUT2D eigenvalue weighted by Gasteiger charge is -2.37. The van der Waals surface area contributed by atoms with Crippen LogP contribution in [0, 0.1) is 10.1 Å². The van der Waals surface area contributed by atoms with Gasteiger partial charge in [-0.2, -0.15) is 0 Å². The number of nitro benzene ring substituents is 1. The topological polar surface area (TPSA) is 115 Å². The highest BCUT2D eigenvalue weighted by molar-refractivity contribution is 6.23. The molecule has 1 atom stereocenters. The number of nitrogens with zero attached hydrogens (tertiary/aromatic N) is 4. The number of carbonyl (C=O) groups is 2. The highest BCUT2D eigenvalue weighted by Crippen LogP contribution is 2.36. The zero-order valence-corrected chi connectivity index (χ0v) is 18.6. The van der Waals surface area contributed by atoms with Crippen LogP contribution in [-0.2, 0) is 16.1 Å². The fraction of sp³-hybridized carbons (Fsp3) is 0.391. The zero-order valence-electron chi connectivity index (χ0n) is 18.6. The van der Waals surface area contributed by atoms with Crippen molar-refractivity contribution in [3.8, 4) is 17.2 Å². The van der Waals surface area contributed by atoms with E-state index in [1.807, 2.05) is 23.1 Å². The second-order valence-corrected chi connectivity index (χ2v) is 8.40. The van der Waals surface area contributed by atoms with E-state index in [0.29, 0.717) is 13.1 Å². The van der Waals surface area contributed by atoms with Gasteiger partial charge < -0.3 is 14.2 Å². The van der Waals surface area contributed by atoms with Crippen molar-refractivity contribution in [3.63, 3.8) is 0 Å². The normalized spacial score (nSPS) is 20.7. The minimum absolute atomic E-state index is 0.0706. The Bertz CT molecular complexity index is 1150. The Morgan fingerprint density at radius 1 is 1.06 bits per heavy atom. The van der Waals surface area contributed by atoms with Crippen molar-refractivity contribution in [3.05, 3.63) is 52.1 Å². The lowest BCUT2D eigenvalue weighted by Crippen LogP contribution is -2.52. The summed E-state index contributed by atoms with van der Waals surface area (Å²) in [6, 6.07) is 9.24. The first kappa shape index (κ1) is 22.1. The van der Waals surface area contributed by atoms with Crippen molar-refractivity contribution in [2.75, 3.05) is 45.0 Å². The first-order valence-corrected chi connectivity index (χ1v) is 11.0. The number of nitro groups is 1. The molecule has 1 unspecified atom stereocenters. The van der Waals surface area contributed by atoms with Gasteiger partial charge in [-0.25, -0.2) is 4.90 Å². The zero-order chi connectivity index (χ0) is 23.8. The van der Waals surface area contributed by atoms with Crippen LogP contribution in [-0.4, -0.2) is 72.7 Å². The first-order chi connectivity index (χ1) is 16.4. The molecule has 0 aliphatic carbocycles. The Kier molecular flexibility index (Phi) is 5.80. The van der Waals surface area contributed by atoms with Crippen LogP contribution < -0.4 is 19.1 Å². The molecule has 2 fully saturated rings. The third-order valence-corrected chi connectivity index (χ3v) is 6.43. The molecule has 0 aromatic heterocycles. The van der Waals surface area contributed by atoms with Crippen molar-refractivity contribution >= 4 is 23.2 Å². The van der Waals surface area contributed by atoms with Gasteiger partial charge in [0.15, 0.2) is 11.5 Å². The fourth-order valence-corrected chi connectivity index (χ4v) is 4.65. The molecule has 178 valence electrons. The van der Waals surface area contributed by atoms with Gasteiger partial charge in [0.1, 0.15) is 5.75 Å². The first-order valence-electron chi connectivity index (χ1n) is 11.0. The Balaban J connectivity index is 1.23. The molecule has 2 amide bonds. The average molecular weight is 468 g/mol. The van der Waals surface area contributed by atoms with Crippen LogP contribution in [0.4, 0.5) is 11.4 Å². The SMILES string of the molecule is COc1cc([N+](=O)[O-])ccc1N1C(=O)CC(N2CCN(Cc3ccc4c(c3)OCO4)CC2)C1=O. The summed E-state index contributed by atoms with van der Waals surface area (Å²) in [5.41, 5.74) is 1.18. The molecule has 11 heteroatoms. The van der Waals surface area contributed by atoms with Gasteiger partial charge in [0.2, 0.25) is 12.7 Å². The summed E-state index contributed by atoms with van der Waals surface area (Å²) >= 11 is 0. The van der Waals surface area contributed by atoms with E-state index >= 15 is 0 Å². The number of rotatable bonds is 6. The lowest BCUT2D eigenvalue weighted by molar-refractivity contribution is -0.384. The summed E-state index contributed by atoms with van der Waals surface area (Å²) in [6.07, 6.45) is 0.0706. The molecule has 0 N–H and O–H groups in total. The largest absolute Gasteiger partial charge is 0.494 e. The van der Waals surface area contributed by atoms with Gasteiger partial charge in [-0.05, 0) is 23.8 Å². The molecular weight excluding hydrogens is 444 g/mol. The van der Waals surface area contributed by atoms with Crippen LogP contribution in [0.15, 0.2) is 36.4 Å². The smallest absolute Gasteiger partial charge is 0.273 e. The predicted molar refractivity (Wildman–Crippen MR) is 120 cm³/mol. The molecule has 0 radical (unpaired) electrons. The molecule has 3 aliphatic heterocycles. The molecule has 3 heterocycles. The Hall–Kier alpha value is -3.70. The summed E-state index contributed by atoms with van der Waals surface area (Å²) in [7, 11) is 1.35. The molecule has 2 saturated heterocycles. The number of hydrogen-bond acceptors (Lipinski definition) is 9. The van der Waals surface area contributed by atoms with E-state index in [1.54, 1.807) is 0 Å². The van der Waals surface area contributed by atoms with Gasteiger partial charge in [-0.1, -0.05) is 6.07 Å². The number of carbonyl (C=O) groups excluding carboxylic acids is 2. The predicted octanol–water partition coefficient (Wildman–Crippen LogP) is 1.78. The van der Waals surface area contributed by atoms with E-state index in [9.17, 15) is 19.7 Å². The molecule has 3 aliphatic rings. The van der Waals surface area contributed by atoms with Gasteiger partial charge in [0.25, 0.3) is 11.6 Å². The van der Waals surface area contributed by atoms with Gasteiger partial charge >= 0.3 is 0 Å². The number of non-ortho nitro benzene ring substituents is 1. The maximum atomic E-state index is 13.2. The lowest BCUT2D eigenvalue weighted by atomic mass is 10.1. The van der Waals surface area contributed by atoms with Gasteiger partial charge in [0, 0.05) is 38.8 Å². The molecule has 11 nitrogen and oxygen atoms in total. The number of amides is 2. The number of methoxy groups -OCH3 is 1. The van der Waals surface area contributed by atoms with Crippen molar-refractivity contribution in [2.45, 2.75) is 19.0 Å². The maximum absolute atomic E-state index is 13.2. The summed E-state index contributed by atoms with van der Waals surface area (Å²) in [6.45, 7) is 3.82. The molecule has 2 aromatic rings. The van der Waals surface area contributed by atoms with E-state index in [2.05, 4.69) is 4.90 Å². The Labute approximate surface area is 195 Å². The number of fused-ring (bicyclic) bond motifs is 1. The van der Waals surface area contributed by atoms with Gasteiger partial charge in [-0.15, -0.1) is 0 Å². The monoisotopic (exact) mass is 468 g/mol. The van der Waals surface area contributed by atoms with E-state index in [4.69, 9.17) is 14.2 Å². The van der Waals surface area contributed by atoms with Crippen LogP contribution in [0.3, 0.4) is 0 Å². The van der Waals surface area contributed by atoms with Crippen LogP contribution in [0.1, 0.15) is 12.0 Å². The third-order valence-electron chi connectivity index (χ3n) is 6.43. The summed E-state index contributed by atoms with van der Waals surface area (Å²) in [5, 5.41) is 11.1. The van der Waals surface area contributed by atoms with Crippen LogP contribution in [0.5, 0.6) is 17.2 Å². The Morgan fingerprint density at radius 3 is 2.56 bits per heavy atom. The highest BCUT2D eigenvalue weighted by Gasteiger charge is 2.44. The molecular formula is C23H24N4O7. The molecule has 5 rings (SSSR count). The molecule has 0 bridgehead atoms. The fourth-order valence-electron chi connectivity index (χ4n) is 4.65. The minimum atomic E-state index is -0.555. The number of piperazine rings is 1. The number of anilines is 1. The van der Waals surface area contributed by atoms with Crippen LogP contribution in [0.2, 0.25) is 0 Å². The van der Waals surface area contributed by atoms with Crippen molar-refractivity contribution in [2.24, 2.45) is 0 Å². The minimum Gasteiger partial charge on any atom is -0.494 e. The summed E-state index contributed by atoms with van der Waals surface area (Å²) < 4.78 is 16.0. The van der Waals surface area contributed by atoms with Crippen molar-refractivity contribution in [1.82, 2.24) is 9.80 Å². The molecule has 0 saturated carbocycles. The third kappa shape index (κ3) is 4.03. The number of benzene rings is 2. The van der Waals surface area contributed by atoms with Gasteiger partial charge in [0.05, 0.1) is 36.2 Å². The molecule has 34 heavy (non-hydrogen) atoms. The van der Waals surface area contributed by atoms with Crippen molar-refractivity contribution < 1.29 is 28.7 Å². The van der Waals surface area contributed by atoms with E-state index < -0.39 is 11.0 Å². The molecule has 0 spiro atoms. The molecule has 2 aromatic carbocycles. The quantitative estimate of drug-likeness (QED) is 0.355.